The second kappa shape index (κ2) is 5.53. The zero-order valence-corrected chi connectivity index (χ0v) is 11.3. The fourth-order valence-electron chi connectivity index (χ4n) is 2.30. The summed E-state index contributed by atoms with van der Waals surface area (Å²) in [7, 11) is 0. The number of aromatic nitrogens is 2. The van der Waals surface area contributed by atoms with E-state index in [4.69, 9.17) is 0 Å². The van der Waals surface area contributed by atoms with Crippen LogP contribution in [0.5, 0.6) is 0 Å². The van der Waals surface area contributed by atoms with Crippen molar-refractivity contribution in [1.82, 2.24) is 15.1 Å². The zero-order chi connectivity index (χ0) is 13.0. The van der Waals surface area contributed by atoms with Crippen LogP contribution in [0, 0.1) is 18.3 Å². The highest BCUT2D eigenvalue weighted by Gasteiger charge is 2.34. The number of nitriles is 1. The van der Waals surface area contributed by atoms with Gasteiger partial charge in [0.2, 0.25) is 0 Å². The van der Waals surface area contributed by atoms with Gasteiger partial charge in [-0.15, -0.1) is 0 Å². The molecule has 0 radical (unpaired) electrons. The van der Waals surface area contributed by atoms with Crippen LogP contribution in [0.2, 0.25) is 0 Å². The van der Waals surface area contributed by atoms with Gasteiger partial charge in [-0.2, -0.15) is 10.4 Å². The van der Waals surface area contributed by atoms with Crippen LogP contribution in [-0.2, 0) is 6.54 Å². The molecule has 0 bridgehead atoms. The van der Waals surface area contributed by atoms with Crippen molar-refractivity contribution in [3.63, 3.8) is 0 Å². The van der Waals surface area contributed by atoms with Crippen molar-refractivity contribution in [3.05, 3.63) is 18.0 Å². The Labute approximate surface area is 109 Å². The normalized spacial score (nSPS) is 18.3. The van der Waals surface area contributed by atoms with Crippen molar-refractivity contribution in [3.8, 4) is 6.07 Å². The minimum Gasteiger partial charge on any atom is -0.297 e. The van der Waals surface area contributed by atoms with E-state index in [-0.39, 0.29) is 5.54 Å². The zero-order valence-electron chi connectivity index (χ0n) is 11.3. The third-order valence-electron chi connectivity index (χ3n) is 3.78. The highest BCUT2D eigenvalue weighted by atomic mass is 15.3. The molecule has 1 aromatic heterocycles. The predicted molar refractivity (Wildman–Crippen MR) is 71.0 cm³/mol. The molecule has 0 aliphatic heterocycles. The summed E-state index contributed by atoms with van der Waals surface area (Å²) in [4.78, 5) is 0. The van der Waals surface area contributed by atoms with Crippen LogP contribution >= 0.6 is 0 Å². The lowest BCUT2D eigenvalue weighted by Crippen LogP contribution is -2.44. The Hall–Kier alpha value is -1.34. The molecule has 4 nitrogen and oxygen atoms in total. The number of hydrogen-bond donors (Lipinski definition) is 1. The van der Waals surface area contributed by atoms with Crippen molar-refractivity contribution in [1.29, 1.82) is 5.26 Å². The standard InChI is InChI=1S/C14H22N4/c1-3-14(11-15,17-13-5-6-13)8-4-10-18-12(2)7-9-16-18/h7,9,13,17H,3-6,8,10H2,1-2H3. The van der Waals surface area contributed by atoms with Crippen LogP contribution in [0.25, 0.3) is 0 Å². The number of aryl methyl sites for hydroxylation is 2. The van der Waals surface area contributed by atoms with Crippen LogP contribution in [0.15, 0.2) is 12.3 Å². The molecular weight excluding hydrogens is 224 g/mol. The lowest BCUT2D eigenvalue weighted by molar-refractivity contribution is 0.347. The molecule has 1 fully saturated rings. The average molecular weight is 246 g/mol. The lowest BCUT2D eigenvalue weighted by Gasteiger charge is -2.26. The van der Waals surface area contributed by atoms with Gasteiger partial charge in [0.1, 0.15) is 5.54 Å². The van der Waals surface area contributed by atoms with E-state index in [9.17, 15) is 5.26 Å². The summed E-state index contributed by atoms with van der Waals surface area (Å²) < 4.78 is 2.01. The van der Waals surface area contributed by atoms with E-state index in [0.717, 1.165) is 25.8 Å². The second-order valence-electron chi connectivity index (χ2n) is 5.27. The van der Waals surface area contributed by atoms with Gasteiger partial charge in [0.25, 0.3) is 0 Å². The highest BCUT2D eigenvalue weighted by Crippen LogP contribution is 2.26. The molecule has 0 aromatic carbocycles. The third kappa shape index (κ3) is 3.11. The number of nitrogens with zero attached hydrogens (tertiary/aromatic N) is 3. The maximum absolute atomic E-state index is 9.43. The van der Waals surface area contributed by atoms with E-state index < -0.39 is 0 Å². The maximum atomic E-state index is 9.43. The maximum Gasteiger partial charge on any atom is 0.106 e. The summed E-state index contributed by atoms with van der Waals surface area (Å²) in [5.74, 6) is 0. The number of hydrogen-bond acceptors (Lipinski definition) is 3. The number of rotatable bonds is 7. The third-order valence-corrected chi connectivity index (χ3v) is 3.78. The molecule has 1 saturated carbocycles. The van der Waals surface area contributed by atoms with E-state index in [1.165, 1.54) is 18.5 Å². The SMILES string of the molecule is CCC(C#N)(CCCn1nccc1C)NC1CC1. The molecule has 98 valence electrons. The van der Waals surface area contributed by atoms with Gasteiger partial charge >= 0.3 is 0 Å². The average Bonchev–Trinajstić information content (AvgIpc) is 3.11. The van der Waals surface area contributed by atoms with E-state index in [2.05, 4.69) is 30.3 Å². The van der Waals surface area contributed by atoms with E-state index in [0.29, 0.717) is 6.04 Å². The first-order valence-corrected chi connectivity index (χ1v) is 6.86. The van der Waals surface area contributed by atoms with Gasteiger partial charge in [-0.3, -0.25) is 10.00 Å². The molecule has 2 rings (SSSR count). The van der Waals surface area contributed by atoms with Crippen molar-refractivity contribution in [2.45, 2.75) is 64.1 Å². The molecular formula is C14H22N4. The summed E-state index contributed by atoms with van der Waals surface area (Å²) >= 11 is 0. The minimum absolute atomic E-state index is 0.331. The Bertz CT molecular complexity index is 427. The largest absolute Gasteiger partial charge is 0.297 e. The molecule has 1 N–H and O–H groups in total. The van der Waals surface area contributed by atoms with Gasteiger partial charge in [-0.25, -0.2) is 0 Å². The molecule has 1 atom stereocenters. The predicted octanol–water partition coefficient (Wildman–Crippen LogP) is 2.40. The van der Waals surface area contributed by atoms with Crippen LogP contribution < -0.4 is 5.32 Å². The Morgan fingerprint density at radius 3 is 2.89 bits per heavy atom. The van der Waals surface area contributed by atoms with Crippen LogP contribution in [0.1, 0.15) is 44.7 Å². The number of nitrogens with one attached hydrogen (secondary N) is 1. The first-order chi connectivity index (χ1) is 8.69. The van der Waals surface area contributed by atoms with Gasteiger partial charge in [0.05, 0.1) is 6.07 Å². The van der Waals surface area contributed by atoms with Crippen molar-refractivity contribution >= 4 is 0 Å². The summed E-state index contributed by atoms with van der Waals surface area (Å²) in [6.45, 7) is 5.05. The molecule has 0 saturated heterocycles. The first-order valence-electron chi connectivity index (χ1n) is 6.86. The molecule has 1 aliphatic carbocycles. The Kier molecular flexibility index (Phi) is 4.03. The smallest absolute Gasteiger partial charge is 0.106 e. The van der Waals surface area contributed by atoms with Gasteiger partial charge in [-0.1, -0.05) is 6.92 Å². The van der Waals surface area contributed by atoms with Gasteiger partial charge in [0.15, 0.2) is 0 Å². The molecule has 0 amide bonds. The summed E-state index contributed by atoms with van der Waals surface area (Å²) in [5, 5.41) is 17.2. The molecule has 4 heteroatoms. The van der Waals surface area contributed by atoms with Crippen LogP contribution in [0.4, 0.5) is 0 Å². The summed E-state index contributed by atoms with van der Waals surface area (Å²) in [6.07, 6.45) is 7.04. The van der Waals surface area contributed by atoms with Gasteiger partial charge in [-0.05, 0) is 45.1 Å². The fraction of sp³-hybridized carbons (Fsp3) is 0.714. The summed E-state index contributed by atoms with van der Waals surface area (Å²) in [6, 6.07) is 5.08. The van der Waals surface area contributed by atoms with E-state index >= 15 is 0 Å². The minimum atomic E-state index is -0.331. The highest BCUT2D eigenvalue weighted by molar-refractivity contribution is 5.09. The molecule has 1 aromatic rings. The van der Waals surface area contributed by atoms with E-state index in [1.807, 2.05) is 16.9 Å². The van der Waals surface area contributed by atoms with Crippen LogP contribution in [-0.4, -0.2) is 21.4 Å². The molecule has 1 heterocycles. The molecule has 1 aliphatic rings. The second-order valence-corrected chi connectivity index (χ2v) is 5.27. The molecule has 1 unspecified atom stereocenters. The monoisotopic (exact) mass is 246 g/mol. The summed E-state index contributed by atoms with van der Waals surface area (Å²) in [5.41, 5.74) is 0.853. The van der Waals surface area contributed by atoms with Crippen LogP contribution in [0.3, 0.4) is 0 Å². The van der Waals surface area contributed by atoms with Crippen molar-refractivity contribution < 1.29 is 0 Å². The first kappa shape index (κ1) is 13.1. The fourth-order valence-corrected chi connectivity index (χ4v) is 2.30. The topological polar surface area (TPSA) is 53.6 Å². The Morgan fingerprint density at radius 1 is 1.61 bits per heavy atom. The Morgan fingerprint density at radius 2 is 2.39 bits per heavy atom. The van der Waals surface area contributed by atoms with Gasteiger partial charge < -0.3 is 0 Å². The Balaban J connectivity index is 1.85. The quantitative estimate of drug-likeness (QED) is 0.803. The van der Waals surface area contributed by atoms with Crippen molar-refractivity contribution in [2.24, 2.45) is 0 Å². The lowest BCUT2D eigenvalue weighted by atomic mass is 9.92. The van der Waals surface area contributed by atoms with Gasteiger partial charge in [0, 0.05) is 24.5 Å². The van der Waals surface area contributed by atoms with E-state index in [1.54, 1.807) is 0 Å². The van der Waals surface area contributed by atoms with Crippen molar-refractivity contribution in [2.75, 3.05) is 0 Å². The molecule has 18 heavy (non-hydrogen) atoms. The molecule has 0 spiro atoms.